The number of nitro benzene ring substituents is 2. The lowest BCUT2D eigenvalue weighted by Gasteiger charge is -2.05. The lowest BCUT2D eigenvalue weighted by atomic mass is 10.1. The van der Waals surface area contributed by atoms with Crippen molar-refractivity contribution in [1.29, 1.82) is 0 Å². The molecule has 0 radical (unpaired) electrons. The van der Waals surface area contributed by atoms with Crippen LogP contribution in [0.5, 0.6) is 5.75 Å². The fraction of sp³-hybridized carbons (Fsp3) is 0.143. The molecule has 0 aliphatic carbocycles. The molecule has 0 unspecified atom stereocenters. The summed E-state index contributed by atoms with van der Waals surface area (Å²) in [7, 11) is 0. The van der Waals surface area contributed by atoms with Gasteiger partial charge in [0.2, 0.25) is 0 Å². The van der Waals surface area contributed by atoms with Crippen molar-refractivity contribution in [1.82, 2.24) is 0 Å². The molecule has 0 atom stereocenters. The van der Waals surface area contributed by atoms with Crippen LogP contribution in [0.15, 0.2) is 48.5 Å². The van der Waals surface area contributed by atoms with Gasteiger partial charge in [0, 0.05) is 30.7 Å². The number of hydrogen-bond donors (Lipinski definition) is 0. The highest BCUT2D eigenvalue weighted by atomic mass is 16.6. The van der Waals surface area contributed by atoms with Crippen molar-refractivity contribution in [2.24, 2.45) is 0 Å². The van der Waals surface area contributed by atoms with Crippen molar-refractivity contribution in [2.45, 2.75) is 6.42 Å². The maximum atomic E-state index is 10.5. The summed E-state index contributed by atoms with van der Waals surface area (Å²) in [6, 6.07) is 12.1. The summed E-state index contributed by atoms with van der Waals surface area (Å²) in [6.45, 7) is 0.385. The van der Waals surface area contributed by atoms with Crippen LogP contribution in [0.1, 0.15) is 5.56 Å². The molecule has 2 rings (SSSR count). The van der Waals surface area contributed by atoms with E-state index in [9.17, 15) is 20.2 Å². The molecular formula is C14H12N2O5. The second-order valence-corrected chi connectivity index (χ2v) is 4.27. The Balaban J connectivity index is 1.86. The molecule has 0 fully saturated rings. The van der Waals surface area contributed by atoms with E-state index in [2.05, 4.69) is 0 Å². The molecule has 0 saturated carbocycles. The molecular weight excluding hydrogens is 276 g/mol. The Morgan fingerprint density at radius 2 is 1.29 bits per heavy atom. The van der Waals surface area contributed by atoms with Crippen LogP contribution in [-0.4, -0.2) is 16.5 Å². The third-order valence-corrected chi connectivity index (χ3v) is 2.85. The Labute approximate surface area is 120 Å². The molecule has 0 bridgehead atoms. The third kappa shape index (κ3) is 4.00. The van der Waals surface area contributed by atoms with E-state index >= 15 is 0 Å². The Kier molecular flexibility index (Phi) is 4.45. The topological polar surface area (TPSA) is 95.5 Å². The van der Waals surface area contributed by atoms with Crippen molar-refractivity contribution in [3.05, 3.63) is 74.3 Å². The molecule has 0 aliphatic rings. The number of benzene rings is 2. The molecule has 108 valence electrons. The highest BCUT2D eigenvalue weighted by Crippen LogP contribution is 2.18. The molecule has 0 spiro atoms. The molecule has 0 amide bonds. The van der Waals surface area contributed by atoms with E-state index in [1.165, 1.54) is 36.4 Å². The zero-order valence-corrected chi connectivity index (χ0v) is 11.0. The first-order valence-electron chi connectivity index (χ1n) is 6.17. The van der Waals surface area contributed by atoms with Gasteiger partial charge in [0.25, 0.3) is 11.4 Å². The van der Waals surface area contributed by atoms with E-state index in [0.29, 0.717) is 18.8 Å². The van der Waals surface area contributed by atoms with Gasteiger partial charge in [-0.25, -0.2) is 0 Å². The smallest absolute Gasteiger partial charge is 0.269 e. The van der Waals surface area contributed by atoms with Crippen LogP contribution in [0.3, 0.4) is 0 Å². The normalized spacial score (nSPS) is 10.1. The van der Waals surface area contributed by atoms with E-state index in [0.717, 1.165) is 5.56 Å². The Morgan fingerprint density at radius 3 is 1.76 bits per heavy atom. The molecule has 0 aromatic heterocycles. The minimum absolute atomic E-state index is 0.0118. The highest BCUT2D eigenvalue weighted by Gasteiger charge is 2.05. The molecule has 21 heavy (non-hydrogen) atoms. The summed E-state index contributed by atoms with van der Waals surface area (Å²) in [6.07, 6.45) is 0.592. The van der Waals surface area contributed by atoms with Gasteiger partial charge in [-0.3, -0.25) is 20.2 Å². The van der Waals surface area contributed by atoms with Gasteiger partial charge in [-0.2, -0.15) is 0 Å². The van der Waals surface area contributed by atoms with Crippen molar-refractivity contribution in [3.63, 3.8) is 0 Å². The molecule has 7 heteroatoms. The zero-order chi connectivity index (χ0) is 15.2. The average molecular weight is 288 g/mol. The fourth-order valence-electron chi connectivity index (χ4n) is 1.74. The van der Waals surface area contributed by atoms with Gasteiger partial charge in [0.15, 0.2) is 0 Å². The first-order chi connectivity index (χ1) is 10.1. The van der Waals surface area contributed by atoms with E-state index in [1.54, 1.807) is 12.1 Å². The first kappa shape index (κ1) is 14.4. The van der Waals surface area contributed by atoms with Crippen molar-refractivity contribution in [2.75, 3.05) is 6.61 Å². The summed E-state index contributed by atoms with van der Waals surface area (Å²) >= 11 is 0. The minimum Gasteiger partial charge on any atom is -0.493 e. The first-order valence-corrected chi connectivity index (χ1v) is 6.17. The van der Waals surface area contributed by atoms with Crippen molar-refractivity contribution < 1.29 is 14.6 Å². The summed E-state index contributed by atoms with van der Waals surface area (Å²) in [4.78, 5) is 20.1. The van der Waals surface area contributed by atoms with Crippen LogP contribution < -0.4 is 4.74 Å². The molecule has 0 heterocycles. The number of nitro groups is 2. The quantitative estimate of drug-likeness (QED) is 0.601. The van der Waals surface area contributed by atoms with E-state index in [4.69, 9.17) is 4.74 Å². The maximum absolute atomic E-state index is 10.5. The SMILES string of the molecule is O=[N+]([O-])c1ccc(CCOc2ccc([N+](=O)[O-])cc2)cc1. The van der Waals surface area contributed by atoms with Crippen LogP contribution in [-0.2, 0) is 6.42 Å². The molecule has 2 aromatic rings. The molecule has 0 aliphatic heterocycles. The lowest BCUT2D eigenvalue weighted by Crippen LogP contribution is -2.01. The van der Waals surface area contributed by atoms with Gasteiger partial charge < -0.3 is 4.74 Å². The predicted octanol–water partition coefficient (Wildman–Crippen LogP) is 3.12. The second kappa shape index (κ2) is 6.47. The largest absolute Gasteiger partial charge is 0.493 e. The highest BCUT2D eigenvalue weighted by molar-refractivity contribution is 5.36. The van der Waals surface area contributed by atoms with Gasteiger partial charge in [-0.1, -0.05) is 12.1 Å². The van der Waals surface area contributed by atoms with Crippen LogP contribution >= 0.6 is 0 Å². The van der Waals surface area contributed by atoms with E-state index < -0.39 is 9.85 Å². The molecule has 2 aromatic carbocycles. The summed E-state index contributed by atoms with van der Waals surface area (Å²) in [5.41, 5.74) is 0.982. The summed E-state index contributed by atoms with van der Waals surface area (Å²) in [5.74, 6) is 0.544. The maximum Gasteiger partial charge on any atom is 0.269 e. The molecule has 0 saturated heterocycles. The van der Waals surface area contributed by atoms with Gasteiger partial charge in [0.1, 0.15) is 5.75 Å². The van der Waals surface area contributed by atoms with Gasteiger partial charge in [0.05, 0.1) is 16.5 Å². The minimum atomic E-state index is -0.472. The number of hydrogen-bond acceptors (Lipinski definition) is 5. The van der Waals surface area contributed by atoms with Crippen molar-refractivity contribution in [3.8, 4) is 5.75 Å². The molecule has 0 N–H and O–H groups in total. The third-order valence-electron chi connectivity index (χ3n) is 2.85. The number of ether oxygens (including phenoxy) is 1. The number of non-ortho nitro benzene ring substituents is 2. The van der Waals surface area contributed by atoms with Gasteiger partial charge in [-0.15, -0.1) is 0 Å². The summed E-state index contributed by atoms with van der Waals surface area (Å²) in [5, 5.41) is 21.0. The van der Waals surface area contributed by atoms with Crippen LogP contribution in [0.2, 0.25) is 0 Å². The van der Waals surface area contributed by atoms with Crippen LogP contribution in [0.25, 0.3) is 0 Å². The monoisotopic (exact) mass is 288 g/mol. The number of nitrogens with zero attached hydrogens (tertiary/aromatic N) is 2. The fourth-order valence-corrected chi connectivity index (χ4v) is 1.74. The predicted molar refractivity (Wildman–Crippen MR) is 75.4 cm³/mol. The van der Waals surface area contributed by atoms with E-state index in [-0.39, 0.29) is 11.4 Å². The zero-order valence-electron chi connectivity index (χ0n) is 11.0. The second-order valence-electron chi connectivity index (χ2n) is 4.27. The molecule has 7 nitrogen and oxygen atoms in total. The van der Waals surface area contributed by atoms with Crippen LogP contribution in [0, 0.1) is 20.2 Å². The Hall–Kier alpha value is -2.96. The average Bonchev–Trinajstić information content (AvgIpc) is 2.48. The van der Waals surface area contributed by atoms with Gasteiger partial charge in [-0.05, 0) is 17.7 Å². The van der Waals surface area contributed by atoms with E-state index in [1.807, 2.05) is 0 Å². The Morgan fingerprint density at radius 1 is 0.810 bits per heavy atom. The Bertz CT molecular complexity index is 580. The standard InChI is InChI=1S/C14H12N2O5/c17-15(18)12-3-1-11(2-4-12)9-10-21-14-7-5-13(6-8-14)16(19)20/h1-8H,9-10H2. The summed E-state index contributed by atoms with van der Waals surface area (Å²) < 4.78 is 5.47. The van der Waals surface area contributed by atoms with Crippen LogP contribution in [0.4, 0.5) is 11.4 Å². The van der Waals surface area contributed by atoms with Gasteiger partial charge >= 0.3 is 0 Å². The number of rotatable bonds is 6. The van der Waals surface area contributed by atoms with Crippen molar-refractivity contribution >= 4 is 11.4 Å². The lowest BCUT2D eigenvalue weighted by molar-refractivity contribution is -0.385.